The van der Waals surface area contributed by atoms with Gasteiger partial charge in [0.1, 0.15) is 0 Å². The van der Waals surface area contributed by atoms with Crippen LogP contribution in [0.3, 0.4) is 0 Å². The fourth-order valence-corrected chi connectivity index (χ4v) is 9.07. The molecule has 0 bridgehead atoms. The average Bonchev–Trinajstić information content (AvgIpc) is 3.29. The van der Waals surface area contributed by atoms with E-state index in [4.69, 9.17) is 9.97 Å². The molecule has 0 radical (unpaired) electrons. The van der Waals surface area contributed by atoms with Gasteiger partial charge in [-0.1, -0.05) is 214 Å². The Morgan fingerprint density at radius 3 is 0.966 bits per heavy atom. The molecule has 0 amide bonds. The van der Waals surface area contributed by atoms with Gasteiger partial charge in [-0.15, -0.1) is 0 Å². The van der Waals surface area contributed by atoms with E-state index < -0.39 is 8.07 Å². The smallest absolute Gasteiger partial charge is 0.0776 e. The van der Waals surface area contributed by atoms with Crippen LogP contribution in [0.2, 0.25) is 19.6 Å². The summed E-state index contributed by atoms with van der Waals surface area (Å²) in [6.45, 7) is 7.31. The zero-order valence-corrected chi connectivity index (χ0v) is 34.1. The summed E-state index contributed by atoms with van der Waals surface area (Å²) in [6.07, 6.45) is 4.14. The van der Waals surface area contributed by atoms with Crippen molar-refractivity contribution in [1.82, 2.24) is 9.97 Å². The van der Waals surface area contributed by atoms with Crippen molar-refractivity contribution in [2.45, 2.75) is 27.1 Å². The van der Waals surface area contributed by atoms with E-state index in [9.17, 15) is 0 Å². The Hall–Kier alpha value is -6.94. The highest BCUT2D eigenvalue weighted by Gasteiger charge is 2.22. The van der Waals surface area contributed by atoms with Gasteiger partial charge in [0, 0.05) is 34.6 Å². The van der Waals surface area contributed by atoms with Crippen molar-refractivity contribution < 1.29 is 0 Å². The topological polar surface area (TPSA) is 25.8 Å². The van der Waals surface area contributed by atoms with Crippen LogP contribution in [0.25, 0.3) is 89.3 Å². The van der Waals surface area contributed by atoms with Gasteiger partial charge < -0.3 is 0 Å². The van der Waals surface area contributed by atoms with Crippen LogP contribution in [-0.4, -0.2) is 18.0 Å². The standard InChI is InChI=1S/C55H44N2Si.CH4/c1-58(2,3)45-33-43(46-28-16-18-30-48(46)52-37-56-54(41-24-12-6-13-25-41)35-50(52)39-20-8-4-9-21-39)32-44(34-45)47-29-17-19-31-49(47)53-38-57-55(42-26-14-7-15-27-42)36-51(53)40-22-10-5-11-23-40;/h4-38H,1-3H3;1H4. The number of hydrogen-bond donors (Lipinski definition) is 0. The number of pyridine rings is 2. The Bertz CT molecular complexity index is 2660. The zero-order chi connectivity index (χ0) is 39.5. The Labute approximate surface area is 350 Å². The van der Waals surface area contributed by atoms with Gasteiger partial charge in [-0.2, -0.15) is 0 Å². The molecule has 9 rings (SSSR count). The Balaban J connectivity index is 0.00000484. The Kier molecular flexibility index (Phi) is 11.1. The summed E-state index contributed by atoms with van der Waals surface area (Å²) in [5.41, 5.74) is 18.1. The minimum atomic E-state index is -1.80. The normalized spacial score (nSPS) is 11.2. The maximum absolute atomic E-state index is 5.07. The fraction of sp³-hybridized carbons (Fsp3) is 0.0714. The number of nitrogens with zero attached hydrogens (tertiary/aromatic N) is 2. The average molecular weight is 777 g/mol. The molecule has 9 aromatic rings. The first kappa shape index (κ1) is 38.9. The third-order valence-electron chi connectivity index (χ3n) is 11.0. The number of aromatic nitrogens is 2. The minimum absolute atomic E-state index is 0. The summed E-state index contributed by atoms with van der Waals surface area (Å²) in [6, 6.07) is 71.7. The number of hydrogen-bond acceptors (Lipinski definition) is 2. The lowest BCUT2D eigenvalue weighted by atomic mass is 9.87. The van der Waals surface area contributed by atoms with Gasteiger partial charge in [0.15, 0.2) is 0 Å². The summed E-state index contributed by atoms with van der Waals surface area (Å²) >= 11 is 0. The highest BCUT2D eigenvalue weighted by molar-refractivity contribution is 6.88. The van der Waals surface area contributed by atoms with E-state index >= 15 is 0 Å². The molecule has 2 nitrogen and oxygen atoms in total. The molecule has 0 aliphatic rings. The number of rotatable bonds is 9. The summed E-state index contributed by atoms with van der Waals surface area (Å²) in [5, 5.41) is 1.41. The second-order valence-electron chi connectivity index (χ2n) is 15.8. The zero-order valence-electron chi connectivity index (χ0n) is 33.1. The second kappa shape index (κ2) is 16.9. The van der Waals surface area contributed by atoms with Gasteiger partial charge in [-0.25, -0.2) is 0 Å². The van der Waals surface area contributed by atoms with Crippen molar-refractivity contribution in [2.24, 2.45) is 0 Å². The summed E-state index contributed by atoms with van der Waals surface area (Å²) in [7, 11) is -1.80. The van der Waals surface area contributed by atoms with E-state index in [2.05, 4.69) is 220 Å². The second-order valence-corrected chi connectivity index (χ2v) is 20.9. The molecule has 3 heteroatoms. The molecule has 0 fully saturated rings. The first-order valence-corrected chi connectivity index (χ1v) is 23.5. The molecule has 0 saturated heterocycles. The molecule has 0 saturated carbocycles. The largest absolute Gasteiger partial charge is 0.256 e. The maximum atomic E-state index is 5.07. The summed E-state index contributed by atoms with van der Waals surface area (Å²) < 4.78 is 0. The quantitative estimate of drug-likeness (QED) is 0.136. The molecule has 0 aliphatic carbocycles. The van der Waals surface area contributed by atoms with Crippen molar-refractivity contribution in [2.75, 3.05) is 0 Å². The van der Waals surface area contributed by atoms with Crippen LogP contribution in [-0.2, 0) is 0 Å². The predicted molar refractivity (Wildman–Crippen MR) is 255 cm³/mol. The van der Waals surface area contributed by atoms with Crippen molar-refractivity contribution in [3.05, 3.63) is 213 Å². The Morgan fingerprint density at radius 1 is 0.288 bits per heavy atom. The van der Waals surface area contributed by atoms with Gasteiger partial charge in [-0.05, 0) is 73.8 Å². The molecule has 0 N–H and O–H groups in total. The van der Waals surface area contributed by atoms with Gasteiger partial charge in [-0.3, -0.25) is 9.97 Å². The van der Waals surface area contributed by atoms with E-state index in [1.165, 1.54) is 38.6 Å². The molecule has 0 aliphatic heterocycles. The summed E-state index contributed by atoms with van der Waals surface area (Å²) in [5.74, 6) is 0. The van der Waals surface area contributed by atoms with Crippen molar-refractivity contribution in [1.29, 1.82) is 0 Å². The Morgan fingerprint density at radius 2 is 0.610 bits per heavy atom. The predicted octanol–water partition coefficient (Wildman–Crippen LogP) is 15.0. The van der Waals surface area contributed by atoms with Crippen LogP contribution in [0.5, 0.6) is 0 Å². The molecule has 2 heterocycles. The van der Waals surface area contributed by atoms with Gasteiger partial charge in [0.05, 0.1) is 19.5 Å². The first-order valence-electron chi connectivity index (χ1n) is 20.0. The molecule has 0 spiro atoms. The minimum Gasteiger partial charge on any atom is -0.256 e. The molecule has 7 aromatic carbocycles. The van der Waals surface area contributed by atoms with E-state index in [-0.39, 0.29) is 7.43 Å². The molecule has 0 unspecified atom stereocenters. The van der Waals surface area contributed by atoms with Crippen LogP contribution in [0.15, 0.2) is 213 Å². The first-order chi connectivity index (χ1) is 28.4. The molecule has 2 aromatic heterocycles. The van der Waals surface area contributed by atoms with Gasteiger partial charge in [0.25, 0.3) is 0 Å². The van der Waals surface area contributed by atoms with E-state index in [1.54, 1.807) is 0 Å². The van der Waals surface area contributed by atoms with Crippen molar-refractivity contribution in [3.8, 4) is 89.3 Å². The maximum Gasteiger partial charge on any atom is 0.0776 e. The fourth-order valence-electron chi connectivity index (χ4n) is 7.90. The highest BCUT2D eigenvalue weighted by atomic mass is 28.3. The molecule has 286 valence electrons. The number of benzene rings is 7. The van der Waals surface area contributed by atoms with Crippen LogP contribution in [0.1, 0.15) is 7.43 Å². The van der Waals surface area contributed by atoms with Crippen LogP contribution < -0.4 is 5.19 Å². The van der Waals surface area contributed by atoms with Crippen LogP contribution in [0, 0.1) is 0 Å². The van der Waals surface area contributed by atoms with Crippen molar-refractivity contribution >= 4 is 13.3 Å². The monoisotopic (exact) mass is 776 g/mol. The lowest BCUT2D eigenvalue weighted by Gasteiger charge is -2.22. The van der Waals surface area contributed by atoms with Crippen molar-refractivity contribution in [3.63, 3.8) is 0 Å². The third-order valence-corrected chi connectivity index (χ3v) is 13.0. The van der Waals surface area contributed by atoms with Crippen LogP contribution in [0.4, 0.5) is 0 Å². The molecule has 59 heavy (non-hydrogen) atoms. The van der Waals surface area contributed by atoms with E-state index in [1.807, 2.05) is 12.1 Å². The highest BCUT2D eigenvalue weighted by Crippen LogP contribution is 2.43. The molecule has 0 atom stereocenters. The van der Waals surface area contributed by atoms with E-state index in [0.717, 1.165) is 55.9 Å². The SMILES string of the molecule is C.C[Si](C)(C)c1cc(-c2ccccc2-c2cnc(-c3ccccc3)cc2-c2ccccc2)cc(-c2ccccc2-c2cnc(-c3ccccc3)cc2-c2ccccc2)c1. The van der Waals surface area contributed by atoms with E-state index in [0.29, 0.717) is 0 Å². The summed E-state index contributed by atoms with van der Waals surface area (Å²) in [4.78, 5) is 10.1. The van der Waals surface area contributed by atoms with Gasteiger partial charge in [0.2, 0.25) is 0 Å². The lowest BCUT2D eigenvalue weighted by Crippen LogP contribution is -2.37. The van der Waals surface area contributed by atoms with Crippen LogP contribution >= 0.6 is 0 Å². The molecular formula is C56H48N2Si. The lowest BCUT2D eigenvalue weighted by molar-refractivity contribution is 1.32. The van der Waals surface area contributed by atoms with Gasteiger partial charge >= 0.3 is 0 Å². The molecular weight excluding hydrogens is 729 g/mol. The third kappa shape index (κ3) is 8.11.